The molecule has 0 bridgehead atoms. The number of aromatic nitrogens is 2. The van der Waals surface area contributed by atoms with Crippen molar-refractivity contribution in [2.75, 3.05) is 18.4 Å². The number of para-hydroxylation sites is 3. The van der Waals surface area contributed by atoms with Crippen molar-refractivity contribution in [2.45, 2.75) is 39.2 Å². The molecule has 1 aliphatic heterocycles. The van der Waals surface area contributed by atoms with Crippen LogP contribution in [0.25, 0.3) is 11.0 Å². The van der Waals surface area contributed by atoms with E-state index < -0.39 is 0 Å². The summed E-state index contributed by atoms with van der Waals surface area (Å²) in [6.07, 6.45) is 2.24. The predicted octanol–water partition coefficient (Wildman–Crippen LogP) is 4.71. The van der Waals surface area contributed by atoms with E-state index in [2.05, 4.69) is 29.5 Å². The summed E-state index contributed by atoms with van der Waals surface area (Å²) < 4.78 is 0. The van der Waals surface area contributed by atoms with Gasteiger partial charge in [0.05, 0.1) is 17.1 Å². The number of H-pyrrole nitrogens is 1. The second kappa shape index (κ2) is 9.85. The third-order valence-corrected chi connectivity index (χ3v) is 6.39. The number of nitrogens with zero attached hydrogens (tertiary/aromatic N) is 2. The van der Waals surface area contributed by atoms with Crippen LogP contribution in [0.3, 0.4) is 0 Å². The molecule has 1 saturated heterocycles. The van der Waals surface area contributed by atoms with Crippen LogP contribution in [0.1, 0.15) is 45.0 Å². The Kier molecular flexibility index (Phi) is 6.73. The summed E-state index contributed by atoms with van der Waals surface area (Å²) in [6.45, 7) is 5.38. The Hall–Kier alpha value is -3.35. The first-order valence-corrected chi connectivity index (χ1v) is 11.4. The Balaban J connectivity index is 1.36. The smallest absolute Gasteiger partial charge is 0.321 e. The SMILES string of the molecule is CCC(C)C(NC(=O)C1CCN(C(=O)Nc2ccccc2)CC1)c1nc2ccccc2[nH]1. The maximum absolute atomic E-state index is 13.1. The summed E-state index contributed by atoms with van der Waals surface area (Å²) in [5.41, 5.74) is 2.66. The van der Waals surface area contributed by atoms with E-state index in [9.17, 15) is 9.59 Å². The highest BCUT2D eigenvalue weighted by Crippen LogP contribution is 2.26. The molecule has 7 nitrogen and oxygen atoms in total. The fraction of sp³-hybridized carbons (Fsp3) is 0.400. The van der Waals surface area contributed by atoms with E-state index in [4.69, 9.17) is 4.98 Å². The molecule has 3 aromatic rings. The molecule has 0 spiro atoms. The number of hydrogen-bond donors (Lipinski definition) is 3. The lowest BCUT2D eigenvalue weighted by Gasteiger charge is -2.32. The van der Waals surface area contributed by atoms with Crippen molar-refractivity contribution >= 4 is 28.7 Å². The van der Waals surface area contributed by atoms with Gasteiger partial charge in [-0.05, 0) is 43.0 Å². The first-order chi connectivity index (χ1) is 15.5. The summed E-state index contributed by atoms with van der Waals surface area (Å²) >= 11 is 0. The molecule has 2 unspecified atom stereocenters. The highest BCUT2D eigenvalue weighted by Gasteiger charge is 2.31. The molecule has 0 aliphatic carbocycles. The molecule has 1 fully saturated rings. The highest BCUT2D eigenvalue weighted by atomic mass is 16.2. The maximum Gasteiger partial charge on any atom is 0.321 e. The van der Waals surface area contributed by atoms with Crippen LogP contribution < -0.4 is 10.6 Å². The zero-order valence-electron chi connectivity index (χ0n) is 18.7. The van der Waals surface area contributed by atoms with E-state index in [0.29, 0.717) is 25.9 Å². The van der Waals surface area contributed by atoms with E-state index >= 15 is 0 Å². The number of hydrogen-bond acceptors (Lipinski definition) is 3. The average Bonchev–Trinajstić information content (AvgIpc) is 3.26. The van der Waals surface area contributed by atoms with Crippen molar-refractivity contribution in [1.82, 2.24) is 20.2 Å². The highest BCUT2D eigenvalue weighted by molar-refractivity contribution is 5.89. The second-order valence-corrected chi connectivity index (χ2v) is 8.57. The number of amides is 3. The largest absolute Gasteiger partial charge is 0.346 e. The van der Waals surface area contributed by atoms with E-state index in [0.717, 1.165) is 29.0 Å². The number of nitrogens with one attached hydrogen (secondary N) is 3. The van der Waals surface area contributed by atoms with Crippen molar-refractivity contribution in [1.29, 1.82) is 0 Å². The summed E-state index contributed by atoms with van der Waals surface area (Å²) in [4.78, 5) is 35.5. The van der Waals surface area contributed by atoms with E-state index in [-0.39, 0.29) is 29.8 Å². The number of urea groups is 1. The first kappa shape index (κ1) is 21.9. The molecule has 7 heteroatoms. The van der Waals surface area contributed by atoms with Gasteiger partial charge in [-0.2, -0.15) is 0 Å². The lowest BCUT2D eigenvalue weighted by Crippen LogP contribution is -2.45. The number of benzene rings is 2. The average molecular weight is 434 g/mol. The van der Waals surface area contributed by atoms with Gasteiger partial charge in [-0.25, -0.2) is 9.78 Å². The number of likely N-dealkylation sites (tertiary alicyclic amines) is 1. The molecular weight excluding hydrogens is 402 g/mol. The Morgan fingerprint density at radius 1 is 1.09 bits per heavy atom. The second-order valence-electron chi connectivity index (χ2n) is 8.57. The fourth-order valence-electron chi connectivity index (χ4n) is 4.18. The van der Waals surface area contributed by atoms with Crippen LogP contribution in [-0.2, 0) is 4.79 Å². The number of carbonyl (C=O) groups excluding carboxylic acids is 2. The van der Waals surface area contributed by atoms with Gasteiger partial charge in [0.2, 0.25) is 5.91 Å². The number of aromatic amines is 1. The van der Waals surface area contributed by atoms with Crippen molar-refractivity contribution in [2.24, 2.45) is 11.8 Å². The topological polar surface area (TPSA) is 90.1 Å². The van der Waals surface area contributed by atoms with E-state index in [1.54, 1.807) is 4.90 Å². The Morgan fingerprint density at radius 3 is 2.47 bits per heavy atom. The molecule has 3 N–H and O–H groups in total. The normalized spacial score (nSPS) is 16.5. The molecular formula is C25H31N5O2. The molecule has 2 aromatic carbocycles. The quantitative estimate of drug-likeness (QED) is 0.526. The molecule has 32 heavy (non-hydrogen) atoms. The molecule has 1 aromatic heterocycles. The van der Waals surface area contributed by atoms with Gasteiger partial charge < -0.3 is 20.5 Å². The minimum absolute atomic E-state index is 0.0406. The molecule has 2 heterocycles. The van der Waals surface area contributed by atoms with Crippen LogP contribution in [0, 0.1) is 11.8 Å². The molecule has 2 atom stereocenters. The Morgan fingerprint density at radius 2 is 1.78 bits per heavy atom. The maximum atomic E-state index is 13.1. The van der Waals surface area contributed by atoms with Gasteiger partial charge in [0, 0.05) is 24.7 Å². The van der Waals surface area contributed by atoms with Crippen molar-refractivity contribution < 1.29 is 9.59 Å². The third kappa shape index (κ3) is 4.93. The van der Waals surface area contributed by atoms with E-state index in [1.165, 1.54) is 0 Å². The van der Waals surface area contributed by atoms with Crippen molar-refractivity contribution in [3.05, 3.63) is 60.4 Å². The first-order valence-electron chi connectivity index (χ1n) is 11.4. The Labute approximate surface area is 188 Å². The van der Waals surface area contributed by atoms with Crippen LogP contribution in [0.5, 0.6) is 0 Å². The molecule has 0 radical (unpaired) electrons. The minimum atomic E-state index is -0.167. The van der Waals surface area contributed by atoms with Crippen molar-refractivity contribution in [3.63, 3.8) is 0 Å². The van der Waals surface area contributed by atoms with Gasteiger partial charge >= 0.3 is 6.03 Å². The van der Waals surface area contributed by atoms with Crippen LogP contribution in [0.15, 0.2) is 54.6 Å². The number of fused-ring (bicyclic) bond motifs is 1. The van der Waals surface area contributed by atoms with Gasteiger partial charge in [0.1, 0.15) is 5.82 Å². The zero-order valence-corrected chi connectivity index (χ0v) is 18.7. The van der Waals surface area contributed by atoms with Gasteiger partial charge in [-0.1, -0.05) is 50.6 Å². The number of carbonyl (C=O) groups is 2. The van der Waals surface area contributed by atoms with Gasteiger partial charge in [-0.3, -0.25) is 4.79 Å². The fourth-order valence-corrected chi connectivity index (χ4v) is 4.18. The number of imidazole rings is 1. The van der Waals surface area contributed by atoms with Gasteiger partial charge in [0.15, 0.2) is 0 Å². The monoisotopic (exact) mass is 433 g/mol. The lowest BCUT2D eigenvalue weighted by molar-refractivity contribution is -0.127. The van der Waals surface area contributed by atoms with Crippen LogP contribution >= 0.6 is 0 Å². The molecule has 4 rings (SSSR count). The molecule has 168 valence electrons. The van der Waals surface area contributed by atoms with Crippen LogP contribution in [-0.4, -0.2) is 39.9 Å². The summed E-state index contributed by atoms with van der Waals surface area (Å²) in [5.74, 6) is 0.982. The summed E-state index contributed by atoms with van der Waals surface area (Å²) in [5, 5.41) is 6.17. The summed E-state index contributed by atoms with van der Waals surface area (Å²) in [6, 6.07) is 17.1. The summed E-state index contributed by atoms with van der Waals surface area (Å²) in [7, 11) is 0. The number of piperidine rings is 1. The predicted molar refractivity (Wildman–Crippen MR) is 126 cm³/mol. The van der Waals surface area contributed by atoms with Crippen LogP contribution in [0.2, 0.25) is 0 Å². The van der Waals surface area contributed by atoms with Gasteiger partial charge in [-0.15, -0.1) is 0 Å². The minimum Gasteiger partial charge on any atom is -0.346 e. The third-order valence-electron chi connectivity index (χ3n) is 6.39. The Bertz CT molecular complexity index is 1020. The van der Waals surface area contributed by atoms with Gasteiger partial charge in [0.25, 0.3) is 0 Å². The molecule has 0 saturated carbocycles. The van der Waals surface area contributed by atoms with Crippen molar-refractivity contribution in [3.8, 4) is 0 Å². The van der Waals surface area contributed by atoms with E-state index in [1.807, 2.05) is 54.6 Å². The number of rotatable bonds is 6. The molecule has 1 aliphatic rings. The molecule has 3 amide bonds. The standard InChI is InChI=1S/C25H31N5O2/c1-3-17(2)22(23-27-20-11-7-8-12-21(20)28-23)29-24(31)18-13-15-30(16-14-18)25(32)26-19-9-5-4-6-10-19/h4-12,17-18,22H,3,13-16H2,1-2H3,(H,26,32)(H,27,28)(H,29,31). The zero-order chi connectivity index (χ0) is 22.5. The van der Waals surface area contributed by atoms with Crippen LogP contribution in [0.4, 0.5) is 10.5 Å². The number of anilines is 1. The lowest BCUT2D eigenvalue weighted by atomic mass is 9.93.